The maximum atomic E-state index is 12.9. The molecule has 1 aromatic rings. The van der Waals surface area contributed by atoms with Crippen molar-refractivity contribution in [1.82, 2.24) is 16.0 Å². The molecule has 9 nitrogen and oxygen atoms in total. The zero-order valence-electron chi connectivity index (χ0n) is 26.3. The first-order chi connectivity index (χ1) is 20.1. The van der Waals surface area contributed by atoms with Gasteiger partial charge in [0.25, 0.3) is 0 Å². The van der Waals surface area contributed by atoms with Crippen molar-refractivity contribution in [2.45, 2.75) is 128 Å². The van der Waals surface area contributed by atoms with Crippen LogP contribution < -0.4 is 21.7 Å². The maximum Gasteiger partial charge on any atom is 0.222 e. The summed E-state index contributed by atoms with van der Waals surface area (Å²) >= 11 is 0. The largest absolute Gasteiger partial charge is 0.391 e. The van der Waals surface area contributed by atoms with Gasteiger partial charge in [-0.15, -0.1) is 12.4 Å². The lowest BCUT2D eigenvalue weighted by Crippen LogP contribution is -2.48. The molecule has 1 saturated carbocycles. The number of aliphatic hydroxyl groups excluding tert-OH is 2. The van der Waals surface area contributed by atoms with E-state index in [0.717, 1.165) is 56.9 Å². The van der Waals surface area contributed by atoms with Gasteiger partial charge in [0.15, 0.2) is 0 Å². The molecule has 0 saturated heterocycles. The quantitative estimate of drug-likeness (QED) is 0.121. The van der Waals surface area contributed by atoms with Crippen LogP contribution in [0.4, 0.5) is 0 Å². The van der Waals surface area contributed by atoms with E-state index < -0.39 is 24.3 Å². The van der Waals surface area contributed by atoms with Crippen LogP contribution in [-0.4, -0.2) is 65.3 Å². The number of unbranched alkanes of at least 4 members (excludes halogenated alkanes) is 2. The number of aliphatic hydroxyl groups is 2. The standard InChI is InChI=1S/C33H56N4O5.ClH/c1-24(2)17-19-36-31(40)16-10-5-11-18-35-32(41)23-30(39)28(21-26-14-8-4-9-15-26)37-33(42)22-29(38)27(34)20-25-12-6-3-7-13-25;/h3,6-7,12-13,24,26-30,38-39H,4-5,8-11,14-23,34H2,1-2H3,(H,35,41)(H,36,40)(H,37,42);1H/t27-,28-,29-,30-;/m0./s1. The summed E-state index contributed by atoms with van der Waals surface area (Å²) in [7, 11) is 0. The Hall–Kier alpha value is -2.20. The Bertz CT molecular complexity index is 914. The second kappa shape index (κ2) is 22.3. The van der Waals surface area contributed by atoms with E-state index in [1.165, 1.54) is 6.42 Å². The highest BCUT2D eigenvalue weighted by atomic mass is 35.5. The first-order valence-electron chi connectivity index (χ1n) is 16.1. The third kappa shape index (κ3) is 17.6. The topological polar surface area (TPSA) is 154 Å². The molecule has 0 radical (unpaired) electrons. The first kappa shape index (κ1) is 38.8. The Morgan fingerprint density at radius 3 is 2.19 bits per heavy atom. The van der Waals surface area contributed by atoms with Crippen LogP contribution in [0.3, 0.4) is 0 Å². The number of benzene rings is 1. The monoisotopic (exact) mass is 624 g/mol. The molecular weight excluding hydrogens is 568 g/mol. The average molecular weight is 625 g/mol. The minimum atomic E-state index is -1.03. The van der Waals surface area contributed by atoms with Crippen LogP contribution in [-0.2, 0) is 20.8 Å². The van der Waals surface area contributed by atoms with E-state index in [1.807, 2.05) is 30.3 Å². The molecule has 0 spiro atoms. The van der Waals surface area contributed by atoms with Crippen molar-refractivity contribution in [2.24, 2.45) is 17.6 Å². The normalized spacial score (nSPS) is 16.4. The molecule has 3 amide bonds. The predicted octanol–water partition coefficient (Wildman–Crippen LogP) is 3.77. The van der Waals surface area contributed by atoms with Crippen LogP contribution in [0.5, 0.6) is 0 Å². The zero-order valence-corrected chi connectivity index (χ0v) is 27.1. The van der Waals surface area contributed by atoms with Crippen LogP contribution in [0.15, 0.2) is 30.3 Å². The zero-order chi connectivity index (χ0) is 30.7. The number of nitrogens with two attached hydrogens (primary N) is 1. The molecule has 0 heterocycles. The number of halogens is 1. The van der Waals surface area contributed by atoms with E-state index >= 15 is 0 Å². The molecule has 246 valence electrons. The molecule has 1 fully saturated rings. The highest BCUT2D eigenvalue weighted by Crippen LogP contribution is 2.28. The highest BCUT2D eigenvalue weighted by molar-refractivity contribution is 5.85. The molecule has 0 unspecified atom stereocenters. The SMILES string of the molecule is CC(C)CCNC(=O)CCCCCNC(=O)C[C@H](O)[C@H](CC1CCCCC1)NC(=O)C[C@H](O)[C@@H](N)Cc1ccccc1.Cl. The Morgan fingerprint density at radius 2 is 1.51 bits per heavy atom. The summed E-state index contributed by atoms with van der Waals surface area (Å²) in [5, 5.41) is 30.3. The van der Waals surface area contributed by atoms with Gasteiger partial charge in [0.1, 0.15) is 0 Å². The van der Waals surface area contributed by atoms with Crippen molar-refractivity contribution in [3.63, 3.8) is 0 Å². The molecule has 0 aliphatic heterocycles. The van der Waals surface area contributed by atoms with Crippen LogP contribution in [0.25, 0.3) is 0 Å². The third-order valence-electron chi connectivity index (χ3n) is 8.17. The van der Waals surface area contributed by atoms with Gasteiger partial charge in [-0.05, 0) is 49.5 Å². The van der Waals surface area contributed by atoms with E-state index in [0.29, 0.717) is 44.2 Å². The number of rotatable bonds is 20. The van der Waals surface area contributed by atoms with E-state index in [2.05, 4.69) is 29.8 Å². The fourth-order valence-corrected chi connectivity index (χ4v) is 5.53. The minimum Gasteiger partial charge on any atom is -0.391 e. The van der Waals surface area contributed by atoms with Gasteiger partial charge in [-0.2, -0.15) is 0 Å². The van der Waals surface area contributed by atoms with Crippen molar-refractivity contribution in [1.29, 1.82) is 0 Å². The summed E-state index contributed by atoms with van der Waals surface area (Å²) in [4.78, 5) is 37.4. The summed E-state index contributed by atoms with van der Waals surface area (Å²) < 4.78 is 0. The molecule has 0 aromatic heterocycles. The molecule has 1 aromatic carbocycles. The van der Waals surface area contributed by atoms with Gasteiger partial charge in [0.05, 0.1) is 31.1 Å². The summed E-state index contributed by atoms with van der Waals surface area (Å²) in [6, 6.07) is 8.43. The number of carbonyl (C=O) groups excluding carboxylic acids is 3. The second-order valence-corrected chi connectivity index (χ2v) is 12.5. The number of amides is 3. The van der Waals surface area contributed by atoms with Crippen molar-refractivity contribution in [3.05, 3.63) is 35.9 Å². The fourth-order valence-electron chi connectivity index (χ4n) is 5.53. The van der Waals surface area contributed by atoms with Gasteiger partial charge in [-0.3, -0.25) is 14.4 Å². The smallest absolute Gasteiger partial charge is 0.222 e. The van der Waals surface area contributed by atoms with Crippen LogP contribution >= 0.6 is 12.4 Å². The second-order valence-electron chi connectivity index (χ2n) is 12.5. The highest BCUT2D eigenvalue weighted by Gasteiger charge is 2.29. The van der Waals surface area contributed by atoms with E-state index in [1.54, 1.807) is 0 Å². The Morgan fingerprint density at radius 1 is 0.860 bits per heavy atom. The maximum absolute atomic E-state index is 12.9. The van der Waals surface area contributed by atoms with E-state index in [4.69, 9.17) is 5.73 Å². The fraction of sp³-hybridized carbons (Fsp3) is 0.727. The molecule has 10 heteroatoms. The van der Waals surface area contributed by atoms with Crippen molar-refractivity contribution < 1.29 is 24.6 Å². The molecule has 1 aliphatic carbocycles. The van der Waals surface area contributed by atoms with Crippen molar-refractivity contribution >= 4 is 30.1 Å². The van der Waals surface area contributed by atoms with Gasteiger partial charge in [0, 0.05) is 25.6 Å². The third-order valence-corrected chi connectivity index (χ3v) is 8.17. The Kier molecular flexibility index (Phi) is 20.2. The van der Waals surface area contributed by atoms with E-state index in [-0.39, 0.29) is 43.0 Å². The van der Waals surface area contributed by atoms with Gasteiger partial charge >= 0.3 is 0 Å². The Labute approximate surface area is 264 Å². The molecular formula is C33H57ClN4O5. The lowest BCUT2D eigenvalue weighted by Gasteiger charge is -2.30. The minimum absolute atomic E-state index is 0. The van der Waals surface area contributed by atoms with Crippen molar-refractivity contribution in [2.75, 3.05) is 13.1 Å². The molecule has 0 bridgehead atoms. The predicted molar refractivity (Wildman–Crippen MR) is 174 cm³/mol. The number of hydrogen-bond acceptors (Lipinski definition) is 6. The summed E-state index contributed by atoms with van der Waals surface area (Å²) in [5.74, 6) is 0.378. The van der Waals surface area contributed by atoms with Gasteiger partial charge in [0.2, 0.25) is 17.7 Å². The number of hydrogen-bond donors (Lipinski definition) is 6. The molecule has 1 aliphatic rings. The summed E-state index contributed by atoms with van der Waals surface area (Å²) in [5.41, 5.74) is 7.16. The molecule has 7 N–H and O–H groups in total. The summed E-state index contributed by atoms with van der Waals surface area (Å²) in [6.45, 7) is 5.44. The number of carbonyl (C=O) groups is 3. The lowest BCUT2D eigenvalue weighted by molar-refractivity contribution is -0.127. The number of nitrogens with one attached hydrogen (secondary N) is 3. The van der Waals surface area contributed by atoms with E-state index in [9.17, 15) is 24.6 Å². The molecule has 4 atom stereocenters. The van der Waals surface area contributed by atoms with Gasteiger partial charge in [-0.25, -0.2) is 0 Å². The molecule has 43 heavy (non-hydrogen) atoms. The van der Waals surface area contributed by atoms with Crippen LogP contribution in [0.2, 0.25) is 0 Å². The van der Waals surface area contributed by atoms with Crippen molar-refractivity contribution in [3.8, 4) is 0 Å². The van der Waals surface area contributed by atoms with Gasteiger partial charge < -0.3 is 31.9 Å². The van der Waals surface area contributed by atoms with Crippen LogP contribution in [0.1, 0.15) is 103 Å². The lowest BCUT2D eigenvalue weighted by atomic mass is 9.83. The van der Waals surface area contributed by atoms with Crippen LogP contribution in [0, 0.1) is 11.8 Å². The first-order valence-corrected chi connectivity index (χ1v) is 16.1. The Balaban J connectivity index is 0.00000924. The van der Waals surface area contributed by atoms with Gasteiger partial charge in [-0.1, -0.05) is 82.7 Å². The molecule has 2 rings (SSSR count). The average Bonchev–Trinajstić information content (AvgIpc) is 2.95. The summed E-state index contributed by atoms with van der Waals surface area (Å²) in [6.07, 6.45) is 8.11.